The van der Waals surface area contributed by atoms with Crippen LogP contribution in [0.5, 0.6) is 0 Å². The second-order valence-corrected chi connectivity index (χ2v) is 5.99. The van der Waals surface area contributed by atoms with Gasteiger partial charge in [0.15, 0.2) is 0 Å². The molecular weight excluding hydrogens is 317 g/mol. The number of halogens is 2. The minimum Gasteiger partial charge on any atom is -0.396 e. The quantitative estimate of drug-likeness (QED) is 0.567. The van der Waals surface area contributed by atoms with Crippen LogP contribution >= 0.6 is 35.0 Å². The predicted molar refractivity (Wildman–Crippen MR) is 87.5 cm³/mol. The lowest BCUT2D eigenvalue weighted by atomic mass is 10.2. The molecule has 0 spiro atoms. The molecule has 0 radical (unpaired) electrons. The van der Waals surface area contributed by atoms with E-state index in [0.29, 0.717) is 22.2 Å². The lowest BCUT2D eigenvalue weighted by molar-refractivity contribution is -0.116. The second kappa shape index (κ2) is 10.1. The van der Waals surface area contributed by atoms with Gasteiger partial charge in [-0.2, -0.15) is 11.8 Å². The molecule has 0 aromatic heterocycles. The maximum Gasteiger partial charge on any atom is 0.244 e. The molecule has 0 atom stereocenters. The van der Waals surface area contributed by atoms with Crippen molar-refractivity contribution in [2.45, 2.75) is 6.42 Å². The van der Waals surface area contributed by atoms with E-state index in [1.165, 1.54) is 6.08 Å². The number of thioether (sulfide) groups is 1. The van der Waals surface area contributed by atoms with Gasteiger partial charge in [0.25, 0.3) is 0 Å². The molecule has 1 rings (SSSR count). The second-order valence-electron chi connectivity index (χ2n) is 3.95. The summed E-state index contributed by atoms with van der Waals surface area (Å²) in [5.74, 6) is 1.55. The summed E-state index contributed by atoms with van der Waals surface area (Å²) in [4.78, 5) is 11.6. The molecule has 0 aliphatic carbocycles. The fourth-order valence-corrected chi connectivity index (χ4v) is 2.71. The largest absolute Gasteiger partial charge is 0.396 e. The highest BCUT2D eigenvalue weighted by molar-refractivity contribution is 7.99. The van der Waals surface area contributed by atoms with Crippen LogP contribution in [-0.4, -0.2) is 35.7 Å². The topological polar surface area (TPSA) is 49.3 Å². The molecule has 6 heteroatoms. The first-order valence-corrected chi connectivity index (χ1v) is 8.14. The van der Waals surface area contributed by atoms with E-state index in [4.69, 9.17) is 28.3 Å². The van der Waals surface area contributed by atoms with E-state index in [0.717, 1.165) is 17.9 Å². The summed E-state index contributed by atoms with van der Waals surface area (Å²) in [7, 11) is 0. The molecule has 2 N–H and O–H groups in total. The van der Waals surface area contributed by atoms with Crippen LogP contribution in [-0.2, 0) is 4.79 Å². The third kappa shape index (κ3) is 6.66. The number of hydrogen-bond acceptors (Lipinski definition) is 3. The Morgan fingerprint density at radius 3 is 2.65 bits per heavy atom. The Kier molecular flexibility index (Phi) is 8.78. The standard InChI is InChI=1S/C14H17Cl2NO2S/c15-12-3-1-4-13(16)11(12)5-6-14(19)17-7-10-20-9-2-8-18/h1,3-6,18H,2,7-10H2,(H,17,19)/b6-5+. The summed E-state index contributed by atoms with van der Waals surface area (Å²) in [5, 5.41) is 12.4. The van der Waals surface area contributed by atoms with Gasteiger partial charge in [-0.25, -0.2) is 0 Å². The van der Waals surface area contributed by atoms with Gasteiger partial charge in [0.1, 0.15) is 0 Å². The number of hydrogen-bond donors (Lipinski definition) is 2. The molecule has 0 bridgehead atoms. The van der Waals surface area contributed by atoms with Gasteiger partial charge in [-0.3, -0.25) is 4.79 Å². The highest BCUT2D eigenvalue weighted by Gasteiger charge is 2.02. The summed E-state index contributed by atoms with van der Waals surface area (Å²) >= 11 is 13.7. The van der Waals surface area contributed by atoms with E-state index in [1.807, 2.05) is 0 Å². The lowest BCUT2D eigenvalue weighted by Crippen LogP contribution is -2.23. The van der Waals surface area contributed by atoms with Crippen molar-refractivity contribution < 1.29 is 9.90 Å². The van der Waals surface area contributed by atoms with Crippen LogP contribution in [0, 0.1) is 0 Å². The van der Waals surface area contributed by atoms with Crippen LogP contribution in [0.15, 0.2) is 24.3 Å². The lowest BCUT2D eigenvalue weighted by Gasteiger charge is -2.03. The maximum absolute atomic E-state index is 11.6. The van der Waals surface area contributed by atoms with Crippen molar-refractivity contribution in [3.05, 3.63) is 39.9 Å². The van der Waals surface area contributed by atoms with Gasteiger partial charge in [-0.1, -0.05) is 29.3 Å². The number of aliphatic hydroxyl groups excluding tert-OH is 1. The molecule has 0 saturated carbocycles. The van der Waals surface area contributed by atoms with E-state index in [9.17, 15) is 4.79 Å². The zero-order chi connectivity index (χ0) is 14.8. The first-order chi connectivity index (χ1) is 9.65. The van der Waals surface area contributed by atoms with Crippen LogP contribution < -0.4 is 5.32 Å². The van der Waals surface area contributed by atoms with Crippen LogP contribution in [0.3, 0.4) is 0 Å². The Labute approximate surface area is 133 Å². The normalized spacial score (nSPS) is 10.9. The third-order valence-corrected chi connectivity index (χ3v) is 4.12. The zero-order valence-corrected chi connectivity index (χ0v) is 13.3. The molecule has 0 heterocycles. The molecule has 3 nitrogen and oxygen atoms in total. The van der Waals surface area contributed by atoms with Crippen molar-refractivity contribution in [1.29, 1.82) is 0 Å². The molecule has 0 fully saturated rings. The van der Waals surface area contributed by atoms with Crippen molar-refractivity contribution >= 4 is 46.9 Å². The van der Waals surface area contributed by atoms with E-state index >= 15 is 0 Å². The van der Waals surface area contributed by atoms with E-state index in [1.54, 1.807) is 36.0 Å². The molecule has 0 unspecified atom stereocenters. The molecule has 110 valence electrons. The Hall–Kier alpha value is -0.680. The predicted octanol–water partition coefficient (Wildman–Crippen LogP) is 3.24. The fraction of sp³-hybridized carbons (Fsp3) is 0.357. The van der Waals surface area contributed by atoms with E-state index < -0.39 is 0 Å². The first-order valence-electron chi connectivity index (χ1n) is 6.23. The van der Waals surface area contributed by atoms with Crippen molar-refractivity contribution in [3.8, 4) is 0 Å². The summed E-state index contributed by atoms with van der Waals surface area (Å²) in [6.45, 7) is 0.802. The molecule has 20 heavy (non-hydrogen) atoms. The highest BCUT2D eigenvalue weighted by Crippen LogP contribution is 2.25. The number of nitrogens with one attached hydrogen (secondary N) is 1. The molecule has 0 aliphatic rings. The SMILES string of the molecule is O=C(/C=C/c1c(Cl)cccc1Cl)NCCSCCCO. The minimum absolute atomic E-state index is 0.177. The van der Waals surface area contributed by atoms with Gasteiger partial charge in [0.05, 0.1) is 0 Å². The van der Waals surface area contributed by atoms with Crippen molar-refractivity contribution in [2.24, 2.45) is 0 Å². The molecule has 1 aromatic rings. The smallest absolute Gasteiger partial charge is 0.244 e. The number of rotatable bonds is 8. The van der Waals surface area contributed by atoms with Gasteiger partial charge in [-0.05, 0) is 30.4 Å². The van der Waals surface area contributed by atoms with Gasteiger partial charge >= 0.3 is 0 Å². The average molecular weight is 334 g/mol. The molecular formula is C14H17Cl2NO2S. The monoisotopic (exact) mass is 333 g/mol. The van der Waals surface area contributed by atoms with Gasteiger partial charge in [0.2, 0.25) is 5.91 Å². The Balaban J connectivity index is 2.33. The van der Waals surface area contributed by atoms with Gasteiger partial charge in [-0.15, -0.1) is 0 Å². The number of carbonyl (C=O) groups excluding carboxylic acids is 1. The van der Waals surface area contributed by atoms with Crippen molar-refractivity contribution in [1.82, 2.24) is 5.32 Å². The van der Waals surface area contributed by atoms with Crippen LogP contribution in [0.2, 0.25) is 10.0 Å². The molecule has 1 amide bonds. The first kappa shape index (κ1) is 17.4. The number of carbonyl (C=O) groups is 1. The fourth-order valence-electron chi connectivity index (χ4n) is 1.40. The summed E-state index contributed by atoms with van der Waals surface area (Å²) in [6, 6.07) is 5.21. The van der Waals surface area contributed by atoms with E-state index in [-0.39, 0.29) is 12.5 Å². The van der Waals surface area contributed by atoms with Crippen molar-refractivity contribution in [3.63, 3.8) is 0 Å². The zero-order valence-electron chi connectivity index (χ0n) is 10.9. The van der Waals surface area contributed by atoms with E-state index in [2.05, 4.69) is 5.32 Å². The van der Waals surface area contributed by atoms with Crippen molar-refractivity contribution in [2.75, 3.05) is 24.7 Å². The molecule has 0 aliphatic heterocycles. The summed E-state index contributed by atoms with van der Waals surface area (Å²) in [6.07, 6.45) is 3.81. The number of aliphatic hydroxyl groups is 1. The maximum atomic E-state index is 11.6. The Bertz CT molecular complexity index is 446. The number of benzene rings is 1. The van der Waals surface area contributed by atoms with Crippen LogP contribution in [0.25, 0.3) is 6.08 Å². The highest BCUT2D eigenvalue weighted by atomic mass is 35.5. The summed E-state index contributed by atoms with van der Waals surface area (Å²) < 4.78 is 0. The Morgan fingerprint density at radius 1 is 1.30 bits per heavy atom. The average Bonchev–Trinajstić information content (AvgIpc) is 2.42. The minimum atomic E-state index is -0.177. The summed E-state index contributed by atoms with van der Waals surface area (Å²) in [5.41, 5.74) is 0.642. The Morgan fingerprint density at radius 2 is 2.00 bits per heavy atom. The van der Waals surface area contributed by atoms with Crippen LogP contribution in [0.4, 0.5) is 0 Å². The van der Waals surface area contributed by atoms with Gasteiger partial charge < -0.3 is 10.4 Å². The van der Waals surface area contributed by atoms with Gasteiger partial charge in [0, 0.05) is 40.6 Å². The third-order valence-electron chi connectivity index (χ3n) is 2.39. The molecule has 0 saturated heterocycles. The molecule has 1 aromatic carbocycles. The number of amides is 1. The van der Waals surface area contributed by atoms with Crippen LogP contribution in [0.1, 0.15) is 12.0 Å².